The van der Waals surface area contributed by atoms with Crippen molar-refractivity contribution in [2.45, 2.75) is 120 Å². The maximum atomic E-state index is 14.1. The highest BCUT2D eigenvalue weighted by atomic mass is 35.5. The summed E-state index contributed by atoms with van der Waals surface area (Å²) in [6.07, 6.45) is 9.38. The van der Waals surface area contributed by atoms with Crippen molar-refractivity contribution in [3.05, 3.63) is 219 Å². The van der Waals surface area contributed by atoms with Crippen molar-refractivity contribution >= 4 is 137 Å². The number of rotatable bonds is 32. The molecule has 4 amide bonds. The zero-order valence-electron chi connectivity index (χ0n) is 79.9. The zero-order valence-corrected chi connectivity index (χ0v) is 82.9. The number of nitrogens with zero attached hydrogens (tertiary/aromatic N) is 16. The van der Waals surface area contributed by atoms with Gasteiger partial charge in [-0.1, -0.05) is 153 Å². The number of H-pyrrole nitrogens is 4. The van der Waals surface area contributed by atoms with E-state index in [9.17, 15) is 29.4 Å². The van der Waals surface area contributed by atoms with Gasteiger partial charge in [-0.05, 0) is 128 Å². The van der Waals surface area contributed by atoms with E-state index in [1.54, 1.807) is 35.6 Å². The fraction of sp³-hybridized carbons (Fsp3) is 0.426. The molecule has 36 nitrogen and oxygen atoms in total. The van der Waals surface area contributed by atoms with Crippen molar-refractivity contribution in [1.82, 2.24) is 96.3 Å². The summed E-state index contributed by atoms with van der Waals surface area (Å²) in [7, 11) is 0. The fourth-order valence-corrected chi connectivity index (χ4v) is 18.9. The molecule has 8 aromatic heterocycles. The SMILES string of the molecule is CC(C)NC[C@@H](C(=O)N1CCN(c2ccnc3[nH]nc(OCC(O)CO)c23)CC1)c1ccc(Cl)cc1.CC(C)NC[C@@H](C(=O)N1CCN(c2ccnc3[nH]nc(OCCO)c23)CC1)c1ccc(Cl)cc1.CC1(C)CC[C@@H]([C@@H](C(=O)N2CCN(c3c(-c4ccccc4)cnc4[nH]ncc34)CC2)c2ccc(Cl)cc2)N1.N[C@H](Cc1ccc(Cl)cc1)C(=O)N1CCN(c2ccnc3[nH]nc(OCC(O)CO)c23)CC1. The number of nitrogens with one attached hydrogen (secondary N) is 7. The Kier molecular flexibility index (Phi) is 35.5. The van der Waals surface area contributed by atoms with Crippen molar-refractivity contribution in [3.63, 3.8) is 0 Å². The van der Waals surface area contributed by atoms with Gasteiger partial charge in [0.05, 0.1) is 77.9 Å². The summed E-state index contributed by atoms with van der Waals surface area (Å²) in [5.41, 5.74) is 18.7. The molecular weight excluding hydrogens is 1880 g/mol. The maximum Gasteiger partial charge on any atom is 0.244 e. The molecule has 5 saturated heterocycles. The molecular formula is C101H124Cl4N24O12. The fourth-order valence-electron chi connectivity index (χ4n) is 18.4. The lowest BCUT2D eigenvalue weighted by atomic mass is 9.88. The number of hydrogen-bond donors (Lipinski definition) is 13. The van der Waals surface area contributed by atoms with Gasteiger partial charge in [0.25, 0.3) is 0 Å². The highest BCUT2D eigenvalue weighted by molar-refractivity contribution is 6.31. The van der Waals surface area contributed by atoms with Crippen LogP contribution in [-0.4, -0.2) is 329 Å². The van der Waals surface area contributed by atoms with Crippen molar-refractivity contribution in [1.29, 1.82) is 0 Å². The Morgan fingerprint density at radius 1 is 0.468 bits per heavy atom. The van der Waals surface area contributed by atoms with Crippen LogP contribution < -0.4 is 55.5 Å². The molecule has 141 heavy (non-hydrogen) atoms. The van der Waals surface area contributed by atoms with Gasteiger partial charge in [-0.25, -0.2) is 19.9 Å². The predicted octanol–water partition coefficient (Wildman–Crippen LogP) is 9.99. The smallest absolute Gasteiger partial charge is 0.244 e. The van der Waals surface area contributed by atoms with Crippen LogP contribution in [-0.2, 0) is 25.6 Å². The molecule has 0 aliphatic carbocycles. The maximum absolute atomic E-state index is 14.1. The van der Waals surface area contributed by atoms with Gasteiger partial charge in [-0.15, -0.1) is 15.3 Å². The minimum Gasteiger partial charge on any atom is -0.474 e. The zero-order chi connectivity index (χ0) is 99.4. The Morgan fingerprint density at radius 3 is 1.27 bits per heavy atom. The lowest BCUT2D eigenvalue weighted by Gasteiger charge is -2.39. The largest absolute Gasteiger partial charge is 0.474 e. The summed E-state index contributed by atoms with van der Waals surface area (Å²) in [6.45, 7) is 23.1. The van der Waals surface area contributed by atoms with Crippen LogP contribution in [0.5, 0.6) is 17.6 Å². The molecule has 14 N–H and O–H groups in total. The number of aliphatic hydroxyl groups is 5. The van der Waals surface area contributed by atoms with Crippen molar-refractivity contribution < 1.29 is 58.9 Å². The lowest BCUT2D eigenvalue weighted by molar-refractivity contribution is -0.134. The number of carbonyl (C=O) groups excluding carboxylic acids is 4. The number of aromatic amines is 4. The van der Waals surface area contributed by atoms with Gasteiger partial charge in [0.1, 0.15) is 48.2 Å². The number of carbonyl (C=O) groups is 4. The number of piperazine rings is 4. The van der Waals surface area contributed by atoms with Crippen LogP contribution in [0.1, 0.15) is 94.4 Å². The van der Waals surface area contributed by atoms with Gasteiger partial charge in [-0.2, -0.15) is 5.10 Å². The van der Waals surface area contributed by atoms with E-state index >= 15 is 0 Å². The lowest BCUT2D eigenvalue weighted by Crippen LogP contribution is -2.53. The first kappa shape index (κ1) is 103. The van der Waals surface area contributed by atoms with E-state index in [-0.39, 0.29) is 91.5 Å². The topological polar surface area (TPSA) is 451 Å². The normalized spacial score (nSPS) is 16.9. The van der Waals surface area contributed by atoms with Gasteiger partial charge in [-0.3, -0.25) is 39.6 Å². The van der Waals surface area contributed by atoms with Crippen LogP contribution in [0.3, 0.4) is 0 Å². The number of hydrogen-bond acceptors (Lipinski definition) is 28. The summed E-state index contributed by atoms with van der Waals surface area (Å²) >= 11 is 24.3. The van der Waals surface area contributed by atoms with E-state index in [4.69, 9.17) is 81.7 Å². The molecule has 5 aromatic carbocycles. The number of nitrogens with two attached hydrogens (primary N) is 1. The third kappa shape index (κ3) is 26.0. The van der Waals surface area contributed by atoms with Gasteiger partial charge < -0.3 is 101 Å². The van der Waals surface area contributed by atoms with E-state index in [2.05, 4.69) is 150 Å². The number of aromatic nitrogens is 12. The Hall–Kier alpha value is -12.1. The molecule has 40 heteroatoms. The Balaban J connectivity index is 0.000000142. The molecule has 748 valence electrons. The summed E-state index contributed by atoms with van der Waals surface area (Å²) in [6, 6.07) is 46.2. The second kappa shape index (κ2) is 48.6. The second-order valence-corrected chi connectivity index (χ2v) is 38.6. The van der Waals surface area contributed by atoms with Crippen LogP contribution in [0.25, 0.3) is 55.3 Å². The van der Waals surface area contributed by atoms with E-state index in [0.717, 1.165) is 98.5 Å². The summed E-state index contributed by atoms with van der Waals surface area (Å²) in [5.74, 6) is 0.576. The number of fused-ring (bicyclic) bond motifs is 4. The molecule has 13 heterocycles. The van der Waals surface area contributed by atoms with E-state index in [0.29, 0.717) is 177 Å². The van der Waals surface area contributed by atoms with Crippen molar-refractivity contribution in [3.8, 4) is 28.8 Å². The summed E-state index contributed by atoms with van der Waals surface area (Å²) in [4.78, 5) is 88.3. The average molecular weight is 2010 g/mol. The third-order valence-electron chi connectivity index (χ3n) is 25.9. The average Bonchev–Trinajstić information content (AvgIpc) is 1.71. The Morgan fingerprint density at radius 2 is 0.865 bits per heavy atom. The number of amides is 4. The van der Waals surface area contributed by atoms with Crippen LogP contribution in [0.2, 0.25) is 20.1 Å². The highest BCUT2D eigenvalue weighted by Crippen LogP contribution is 2.41. The number of ether oxygens (including phenoxy) is 3. The number of aliphatic hydroxyl groups excluding tert-OH is 5. The van der Waals surface area contributed by atoms with Gasteiger partial charge in [0.15, 0.2) is 22.6 Å². The second-order valence-electron chi connectivity index (χ2n) is 36.9. The van der Waals surface area contributed by atoms with E-state index in [1.807, 2.05) is 148 Å². The highest BCUT2D eigenvalue weighted by Gasteiger charge is 2.42. The molecule has 13 aromatic rings. The molecule has 5 aliphatic heterocycles. The third-order valence-corrected chi connectivity index (χ3v) is 26.9. The molecule has 5 fully saturated rings. The van der Waals surface area contributed by atoms with Crippen LogP contribution in [0.4, 0.5) is 22.7 Å². The first-order chi connectivity index (χ1) is 68.2. The first-order valence-corrected chi connectivity index (χ1v) is 49.3. The van der Waals surface area contributed by atoms with Crippen molar-refractivity contribution in [2.24, 2.45) is 5.73 Å². The minimum absolute atomic E-state index is 0.0273. The molecule has 0 saturated carbocycles. The predicted molar refractivity (Wildman–Crippen MR) is 548 cm³/mol. The summed E-state index contributed by atoms with van der Waals surface area (Å²) in [5, 5.41) is 91.2. The quantitative estimate of drug-likeness (QED) is 0.0186. The van der Waals surface area contributed by atoms with E-state index < -0.39 is 31.5 Å². The first-order valence-electron chi connectivity index (χ1n) is 47.8. The number of halogens is 4. The number of benzene rings is 5. The number of pyridine rings is 4. The summed E-state index contributed by atoms with van der Waals surface area (Å²) < 4.78 is 16.8. The molecule has 0 bridgehead atoms. The standard InChI is InChI=1S/C30H33ClN6O.C25H33ClN6O4.C24H31ClN6O3.C22H27ClN6O4/c1-30(2)13-12-25(34-30)26(21-8-10-22(31)11-9-21)29(38)37-16-14-36(15-17-37)27-23(20-6-4-3-5-7-20)18-32-28-24(27)19-33-35-28;1-16(2)28-13-20(17-3-5-18(26)6-4-17)25(35)32-11-9-31(10-12-32)21-7-8-27-23-22(21)24(30-29-23)36-15-19(34)14-33;1-16(2)27-15-19(17-3-5-18(25)6-4-17)24(33)31-11-9-30(10-12-31)20-7-8-26-22-21(20)23(29-28-22)34-14-13-32;23-15-3-1-14(2-4-15)11-17(24)22(32)29-9-7-28(8-10-29)18-5-6-25-20-19(18)21(27-26-20)33-13-16(31)12-30/h3-11,18-19,25-26,34H,12-17H2,1-2H3,(H,32,33,35);3-8,16,19-20,28,33-34H,9-15H2,1-2H3,(H,27,29,30);3-8,16,19,27,32H,9-15H2,1-2H3,(H,26,28,29);1-6,16-17,30-31H,7-13,24H2,(H,25,26,27)/t25-,26-;19?,20-;19-;16?,17-/m0111/s1. The molecule has 0 spiro atoms. The molecule has 2 unspecified atom stereocenters. The Labute approximate surface area is 837 Å². The molecule has 18 rings (SSSR count). The van der Waals surface area contributed by atoms with Crippen LogP contribution in [0, 0.1) is 0 Å². The molecule has 5 aliphatic rings. The minimum atomic E-state index is -0.997. The van der Waals surface area contributed by atoms with Crippen LogP contribution in [0.15, 0.2) is 177 Å². The van der Waals surface area contributed by atoms with Crippen molar-refractivity contribution in [2.75, 3.05) is 177 Å². The molecule has 7 atom stereocenters. The monoisotopic (exact) mass is 2000 g/mol. The molecule has 0 radical (unpaired) electrons. The van der Waals surface area contributed by atoms with Crippen LogP contribution >= 0.6 is 46.4 Å². The van der Waals surface area contributed by atoms with Gasteiger partial charge >= 0.3 is 0 Å². The van der Waals surface area contributed by atoms with E-state index in [1.165, 1.54) is 0 Å². The van der Waals surface area contributed by atoms with Gasteiger partial charge in [0.2, 0.25) is 41.3 Å². The Bertz CT molecular complexity index is 6250. The van der Waals surface area contributed by atoms with Gasteiger partial charge in [0, 0.05) is 192 Å². The number of anilines is 4.